The summed E-state index contributed by atoms with van der Waals surface area (Å²) in [6, 6.07) is 20.2. The van der Waals surface area contributed by atoms with Crippen molar-refractivity contribution < 1.29 is 34.6 Å². The fourth-order valence-electron chi connectivity index (χ4n) is 6.82. The molecule has 2 heterocycles. The van der Waals surface area contributed by atoms with Gasteiger partial charge in [0.2, 0.25) is 0 Å². The Labute approximate surface area is 332 Å². The zero-order valence-corrected chi connectivity index (χ0v) is 37.1. The maximum atomic E-state index is 12.2. The number of aromatic nitrogens is 1. The summed E-state index contributed by atoms with van der Waals surface area (Å²) in [6.45, 7) is 30.4. The summed E-state index contributed by atoms with van der Waals surface area (Å²) in [5, 5.41) is 15.3. The van der Waals surface area contributed by atoms with Crippen molar-refractivity contribution in [3.05, 3.63) is 103 Å². The molecular weight excluding hydrogens is 835 g/mol. The Balaban J connectivity index is 0.000000347. The standard InChI is InChI=1S/C32H34NS.C15H28O2.Ir/c1-20-22-11-9-10-12-23(22)27(32(5,6)7)18-26(20)29-30-25(15-16-33(29)8)24-14-13-21(17-28(24)34-30)19-31(2,3)4;1-7-14(5,8-2)12(16)11-13(17)15(6,9-3)10-4;/h9-18H,1,8,19H2,2-7H3;11,16H,7-10H2,1-6H3;/q-1;;/b;12-11-;. The van der Waals surface area contributed by atoms with Crippen LogP contribution in [0.3, 0.4) is 0 Å². The number of rotatable bonds is 9. The van der Waals surface area contributed by atoms with E-state index in [0.717, 1.165) is 43.4 Å². The number of hydrogen-bond acceptors (Lipinski definition) is 3. The van der Waals surface area contributed by atoms with Crippen molar-refractivity contribution in [3.63, 3.8) is 0 Å². The maximum Gasteiger partial charge on any atom is 0.164 e. The maximum absolute atomic E-state index is 12.2. The molecule has 1 N–H and O–H groups in total. The van der Waals surface area contributed by atoms with Crippen molar-refractivity contribution in [2.45, 2.75) is 121 Å². The molecule has 52 heavy (non-hydrogen) atoms. The molecule has 5 rings (SSSR count). The van der Waals surface area contributed by atoms with Crippen LogP contribution < -0.4 is 4.57 Å². The number of nitrogens with zero attached hydrogens (tertiary/aromatic N) is 1. The largest absolute Gasteiger partial charge is 0.512 e. The molecule has 1 radical (unpaired) electrons. The van der Waals surface area contributed by atoms with Gasteiger partial charge < -0.3 is 9.67 Å². The fourth-order valence-corrected chi connectivity index (χ4v) is 8.15. The Hall–Kier alpha value is -3.11. The zero-order chi connectivity index (χ0) is 38.1. The number of ketones is 1. The molecule has 5 heteroatoms. The number of carbonyl (C=O) groups excluding carboxylic acids is 1. The molecule has 5 aromatic rings. The molecule has 0 amide bonds. The van der Waals surface area contributed by atoms with Gasteiger partial charge in [-0.05, 0) is 71.4 Å². The van der Waals surface area contributed by atoms with Gasteiger partial charge in [-0.15, -0.1) is 34.4 Å². The number of carbonyl (C=O) groups is 1. The Bertz CT molecular complexity index is 2060. The second-order valence-corrected chi connectivity index (χ2v) is 18.3. The molecule has 0 fully saturated rings. The number of pyridine rings is 1. The molecule has 0 aliphatic carbocycles. The van der Waals surface area contributed by atoms with Crippen LogP contribution in [-0.4, -0.2) is 10.9 Å². The van der Waals surface area contributed by atoms with Gasteiger partial charge in [-0.25, -0.2) is 0 Å². The number of benzene rings is 3. The molecule has 0 aliphatic rings. The van der Waals surface area contributed by atoms with Gasteiger partial charge in [0.15, 0.2) is 5.78 Å². The van der Waals surface area contributed by atoms with E-state index in [2.05, 4.69) is 116 Å². The summed E-state index contributed by atoms with van der Waals surface area (Å²) < 4.78 is 4.64. The first-order chi connectivity index (χ1) is 23.7. The van der Waals surface area contributed by atoms with Gasteiger partial charge >= 0.3 is 0 Å². The van der Waals surface area contributed by atoms with E-state index in [1.165, 1.54) is 53.7 Å². The molecule has 3 nitrogen and oxygen atoms in total. The Kier molecular flexibility index (Phi) is 13.7. The monoisotopic (exact) mass is 897 g/mol. The van der Waals surface area contributed by atoms with Crippen molar-refractivity contribution in [1.82, 2.24) is 0 Å². The molecule has 283 valence electrons. The second-order valence-electron chi connectivity index (χ2n) is 17.2. The average Bonchev–Trinajstić information content (AvgIpc) is 3.44. The molecule has 0 aliphatic heterocycles. The molecule has 3 aromatic carbocycles. The van der Waals surface area contributed by atoms with Crippen LogP contribution in [0.15, 0.2) is 72.6 Å². The van der Waals surface area contributed by atoms with Gasteiger partial charge in [0.05, 0.1) is 11.9 Å². The van der Waals surface area contributed by atoms with Gasteiger partial charge in [0.1, 0.15) is 5.76 Å². The molecule has 0 atom stereocenters. The van der Waals surface area contributed by atoms with Crippen molar-refractivity contribution in [1.29, 1.82) is 0 Å². The zero-order valence-electron chi connectivity index (χ0n) is 33.8. The quantitative estimate of drug-likeness (QED) is 0.0693. The smallest absolute Gasteiger partial charge is 0.164 e. The van der Waals surface area contributed by atoms with Crippen molar-refractivity contribution in [2.24, 2.45) is 16.2 Å². The third kappa shape index (κ3) is 8.98. The van der Waals surface area contributed by atoms with E-state index in [4.69, 9.17) is 0 Å². The summed E-state index contributed by atoms with van der Waals surface area (Å²) in [6.07, 6.45) is 7.92. The normalized spacial score (nSPS) is 12.9. The molecule has 0 bridgehead atoms. The summed E-state index contributed by atoms with van der Waals surface area (Å²) >= 11 is 1.88. The van der Waals surface area contributed by atoms with E-state index in [9.17, 15) is 9.90 Å². The van der Waals surface area contributed by atoms with Gasteiger partial charge in [0, 0.05) is 53.5 Å². The number of allylic oxidation sites excluding steroid dienone is 2. The molecule has 0 unspecified atom stereocenters. The summed E-state index contributed by atoms with van der Waals surface area (Å²) in [5.41, 5.74) is 5.81. The third-order valence-electron chi connectivity index (χ3n) is 11.3. The van der Waals surface area contributed by atoms with Crippen molar-refractivity contribution >= 4 is 48.1 Å². The third-order valence-corrected chi connectivity index (χ3v) is 12.4. The second kappa shape index (κ2) is 16.5. The minimum Gasteiger partial charge on any atom is -0.512 e. The Morgan fingerprint density at radius 1 is 0.788 bits per heavy atom. The molecular formula is C47H62IrNO2S-. The first-order valence-corrected chi connectivity index (χ1v) is 19.6. The van der Waals surface area contributed by atoms with E-state index < -0.39 is 0 Å². The van der Waals surface area contributed by atoms with Crippen LogP contribution >= 0.6 is 11.3 Å². The van der Waals surface area contributed by atoms with Gasteiger partial charge in [-0.2, -0.15) is 12.5 Å². The molecule has 0 saturated heterocycles. The van der Waals surface area contributed by atoms with Crippen molar-refractivity contribution in [3.8, 4) is 11.3 Å². The predicted octanol–water partition coefficient (Wildman–Crippen LogP) is 13.5. The Morgan fingerprint density at radius 3 is 1.90 bits per heavy atom. The molecule has 2 aromatic heterocycles. The number of thiophene rings is 1. The van der Waals surface area contributed by atoms with Crippen LogP contribution in [-0.2, 0) is 36.7 Å². The van der Waals surface area contributed by atoms with E-state index in [1.807, 2.05) is 57.4 Å². The van der Waals surface area contributed by atoms with Gasteiger partial charge in [0.25, 0.3) is 0 Å². The molecule has 0 saturated carbocycles. The summed E-state index contributed by atoms with van der Waals surface area (Å²) in [7, 11) is 4.39. The van der Waals surface area contributed by atoms with Gasteiger partial charge in [-0.3, -0.25) is 4.79 Å². The number of hydrogen-bond donors (Lipinski definition) is 1. The topological polar surface area (TPSA) is 41.2 Å². The van der Waals surface area contributed by atoms with Crippen LogP contribution in [0.1, 0.15) is 125 Å². The average molecular weight is 897 g/mol. The van der Waals surface area contributed by atoms with Crippen LogP contribution in [0.4, 0.5) is 0 Å². The number of aliphatic hydroxyl groups excluding tert-OH is 1. The van der Waals surface area contributed by atoms with Gasteiger partial charge in [-0.1, -0.05) is 124 Å². The molecule has 0 spiro atoms. The van der Waals surface area contributed by atoms with E-state index >= 15 is 0 Å². The first kappa shape index (κ1) is 43.3. The van der Waals surface area contributed by atoms with Crippen LogP contribution in [0, 0.1) is 30.2 Å². The van der Waals surface area contributed by atoms with E-state index in [1.54, 1.807) is 0 Å². The summed E-state index contributed by atoms with van der Waals surface area (Å²) in [4.78, 5) is 12.2. The minimum atomic E-state index is -0.337. The number of aliphatic hydroxyl groups is 1. The minimum absolute atomic E-state index is 0. The van der Waals surface area contributed by atoms with Crippen LogP contribution in [0.5, 0.6) is 0 Å². The van der Waals surface area contributed by atoms with Crippen LogP contribution in [0.25, 0.3) is 42.2 Å². The Morgan fingerprint density at radius 2 is 1.37 bits per heavy atom. The summed E-state index contributed by atoms with van der Waals surface area (Å²) in [5.74, 6) is 0.286. The van der Waals surface area contributed by atoms with E-state index in [0.29, 0.717) is 0 Å². The van der Waals surface area contributed by atoms with Crippen molar-refractivity contribution in [2.75, 3.05) is 0 Å². The predicted molar refractivity (Wildman–Crippen MR) is 223 cm³/mol. The van der Waals surface area contributed by atoms with E-state index in [-0.39, 0.29) is 53.3 Å². The first-order valence-electron chi connectivity index (χ1n) is 18.8. The SMILES string of the molecule is CCC(C)(CC)C(=O)/C=C(\O)C(C)(CC)CC.[CH2-]c1c(-c2c3sc4cc(CC(C)(C)C)ccc4c3cc[n+]2[CH2-])cc(C(C)(C)C)c2ccccc12.[Ir]. The number of fused-ring (bicyclic) bond motifs is 4. The fraction of sp³-hybridized carbons (Fsp3) is 0.447. The van der Waals surface area contributed by atoms with Crippen LogP contribution in [0.2, 0.25) is 0 Å².